The summed E-state index contributed by atoms with van der Waals surface area (Å²) in [5.41, 5.74) is -0.274. The van der Waals surface area contributed by atoms with E-state index in [0.717, 1.165) is 32.0 Å². The Labute approximate surface area is 113 Å². The van der Waals surface area contributed by atoms with Gasteiger partial charge in [0, 0.05) is 26.2 Å². The van der Waals surface area contributed by atoms with Crippen LogP contribution in [0.25, 0.3) is 0 Å². The minimum Gasteiger partial charge on any atom is -0.455 e. The average molecular weight is 264 g/mol. The van der Waals surface area contributed by atoms with Crippen LogP contribution in [-0.4, -0.2) is 47.7 Å². The van der Waals surface area contributed by atoms with Gasteiger partial charge in [-0.2, -0.15) is 0 Å². The van der Waals surface area contributed by atoms with E-state index in [-0.39, 0.29) is 5.69 Å². The number of rotatable bonds is 2. The van der Waals surface area contributed by atoms with E-state index in [4.69, 9.17) is 4.74 Å². The molecule has 1 N–H and O–H groups in total. The van der Waals surface area contributed by atoms with Crippen molar-refractivity contribution in [2.75, 3.05) is 31.1 Å². The maximum Gasteiger partial charge on any atom is 0.359 e. The molecule has 6 heteroatoms. The summed E-state index contributed by atoms with van der Waals surface area (Å²) < 4.78 is 5.24. The Morgan fingerprint density at radius 3 is 2.47 bits per heavy atom. The molecule has 1 aromatic rings. The lowest BCUT2D eigenvalue weighted by molar-refractivity contribution is 0.00624. The number of hydrogen-bond acceptors (Lipinski definition) is 6. The molecule has 1 aromatic heterocycles. The number of anilines is 1. The van der Waals surface area contributed by atoms with Gasteiger partial charge in [-0.05, 0) is 20.8 Å². The number of esters is 1. The van der Waals surface area contributed by atoms with E-state index in [0.29, 0.717) is 0 Å². The van der Waals surface area contributed by atoms with Crippen molar-refractivity contribution >= 4 is 11.8 Å². The average Bonchev–Trinajstić information content (AvgIpc) is 2.38. The van der Waals surface area contributed by atoms with Gasteiger partial charge in [0.1, 0.15) is 11.4 Å². The summed E-state index contributed by atoms with van der Waals surface area (Å²) in [7, 11) is 0. The molecule has 0 aromatic carbocycles. The highest BCUT2D eigenvalue weighted by molar-refractivity contribution is 5.87. The number of carbonyl (C=O) groups is 1. The lowest BCUT2D eigenvalue weighted by Crippen LogP contribution is -2.44. The Balaban J connectivity index is 2.03. The van der Waals surface area contributed by atoms with Crippen molar-refractivity contribution in [3.05, 3.63) is 18.1 Å². The van der Waals surface area contributed by atoms with Crippen molar-refractivity contribution in [3.8, 4) is 0 Å². The third-order valence-electron chi connectivity index (χ3n) is 2.69. The topological polar surface area (TPSA) is 67.3 Å². The van der Waals surface area contributed by atoms with Crippen LogP contribution in [0.1, 0.15) is 31.3 Å². The second kappa shape index (κ2) is 5.52. The maximum absolute atomic E-state index is 11.8. The normalized spacial score (nSPS) is 16.3. The van der Waals surface area contributed by atoms with E-state index in [1.165, 1.54) is 6.20 Å². The van der Waals surface area contributed by atoms with Gasteiger partial charge in [-0.1, -0.05) is 0 Å². The van der Waals surface area contributed by atoms with E-state index >= 15 is 0 Å². The minimum atomic E-state index is -0.518. The fourth-order valence-electron chi connectivity index (χ4n) is 1.81. The van der Waals surface area contributed by atoms with Crippen molar-refractivity contribution in [1.29, 1.82) is 0 Å². The van der Waals surface area contributed by atoms with Crippen molar-refractivity contribution in [3.63, 3.8) is 0 Å². The summed E-state index contributed by atoms with van der Waals surface area (Å²) in [6.07, 6.45) is 3.11. The van der Waals surface area contributed by atoms with Gasteiger partial charge in [0.05, 0.1) is 12.4 Å². The number of aromatic nitrogens is 2. The number of hydrogen-bond donors (Lipinski definition) is 1. The number of piperazine rings is 1. The Kier molecular flexibility index (Phi) is 3.99. The van der Waals surface area contributed by atoms with Gasteiger partial charge in [0.2, 0.25) is 0 Å². The summed E-state index contributed by atoms with van der Waals surface area (Å²) in [5, 5.41) is 3.28. The van der Waals surface area contributed by atoms with Crippen LogP contribution in [0.2, 0.25) is 0 Å². The SMILES string of the molecule is CC(C)(C)OC(=O)c1cnc(N2CCNCC2)cn1. The molecule has 1 aliphatic rings. The summed E-state index contributed by atoms with van der Waals surface area (Å²) in [4.78, 5) is 22.4. The fraction of sp³-hybridized carbons (Fsp3) is 0.615. The van der Waals surface area contributed by atoms with Gasteiger partial charge in [-0.3, -0.25) is 0 Å². The highest BCUT2D eigenvalue weighted by atomic mass is 16.6. The quantitative estimate of drug-likeness (QED) is 0.798. The molecule has 0 spiro atoms. The maximum atomic E-state index is 11.8. The third-order valence-corrected chi connectivity index (χ3v) is 2.69. The van der Waals surface area contributed by atoms with Crippen molar-refractivity contribution in [2.45, 2.75) is 26.4 Å². The second-order valence-corrected chi connectivity index (χ2v) is 5.50. The molecule has 6 nitrogen and oxygen atoms in total. The Bertz CT molecular complexity index is 433. The van der Waals surface area contributed by atoms with E-state index in [1.807, 2.05) is 20.8 Å². The van der Waals surface area contributed by atoms with Crippen molar-refractivity contribution < 1.29 is 9.53 Å². The number of ether oxygens (including phenoxy) is 1. The highest BCUT2D eigenvalue weighted by Gasteiger charge is 2.20. The molecule has 19 heavy (non-hydrogen) atoms. The molecule has 0 saturated carbocycles. The molecule has 1 fully saturated rings. The van der Waals surface area contributed by atoms with Gasteiger partial charge < -0.3 is 15.0 Å². The minimum absolute atomic E-state index is 0.244. The fourth-order valence-corrected chi connectivity index (χ4v) is 1.81. The molecule has 2 rings (SSSR count). The summed E-state index contributed by atoms with van der Waals surface area (Å²) in [5.74, 6) is 0.362. The monoisotopic (exact) mass is 264 g/mol. The molecule has 0 radical (unpaired) electrons. The van der Waals surface area contributed by atoms with E-state index in [9.17, 15) is 4.79 Å². The summed E-state index contributed by atoms with van der Waals surface area (Å²) >= 11 is 0. The Morgan fingerprint density at radius 2 is 1.95 bits per heavy atom. The van der Waals surface area contributed by atoms with Crippen LogP contribution in [0, 0.1) is 0 Å². The van der Waals surface area contributed by atoms with Crippen LogP contribution >= 0.6 is 0 Å². The number of nitrogens with one attached hydrogen (secondary N) is 1. The van der Waals surface area contributed by atoms with Crippen LogP contribution < -0.4 is 10.2 Å². The predicted octanol–water partition coefficient (Wildman–Crippen LogP) is 0.841. The van der Waals surface area contributed by atoms with Gasteiger partial charge in [0.25, 0.3) is 0 Å². The summed E-state index contributed by atoms with van der Waals surface area (Å²) in [6.45, 7) is 9.17. The second-order valence-electron chi connectivity index (χ2n) is 5.50. The Morgan fingerprint density at radius 1 is 1.26 bits per heavy atom. The zero-order valence-corrected chi connectivity index (χ0v) is 11.6. The van der Waals surface area contributed by atoms with Crippen LogP contribution in [-0.2, 0) is 4.74 Å². The third kappa shape index (κ3) is 3.89. The van der Waals surface area contributed by atoms with Crippen LogP contribution in [0.15, 0.2) is 12.4 Å². The highest BCUT2D eigenvalue weighted by Crippen LogP contribution is 2.13. The van der Waals surface area contributed by atoms with Gasteiger partial charge >= 0.3 is 5.97 Å². The van der Waals surface area contributed by atoms with Gasteiger partial charge in [-0.15, -0.1) is 0 Å². The molecule has 0 amide bonds. The molecular weight excluding hydrogens is 244 g/mol. The molecule has 0 atom stereocenters. The lowest BCUT2D eigenvalue weighted by atomic mass is 10.2. The molecule has 0 unspecified atom stereocenters. The molecule has 0 bridgehead atoms. The first-order valence-electron chi connectivity index (χ1n) is 6.47. The number of carbonyl (C=O) groups excluding carboxylic acids is 1. The first-order valence-corrected chi connectivity index (χ1v) is 6.47. The molecular formula is C13H20N4O2. The summed E-state index contributed by atoms with van der Waals surface area (Å²) in [6, 6.07) is 0. The van der Waals surface area contributed by atoms with Crippen LogP contribution in [0.5, 0.6) is 0 Å². The first-order chi connectivity index (χ1) is 8.96. The molecule has 0 aliphatic carbocycles. The van der Waals surface area contributed by atoms with Gasteiger partial charge in [0.15, 0.2) is 5.69 Å². The van der Waals surface area contributed by atoms with Crippen LogP contribution in [0.4, 0.5) is 5.82 Å². The predicted molar refractivity (Wildman–Crippen MR) is 72.3 cm³/mol. The largest absolute Gasteiger partial charge is 0.455 e. The molecule has 2 heterocycles. The lowest BCUT2D eigenvalue weighted by Gasteiger charge is -2.28. The molecule has 104 valence electrons. The Hall–Kier alpha value is -1.69. The number of nitrogens with zero attached hydrogens (tertiary/aromatic N) is 3. The van der Waals surface area contributed by atoms with Gasteiger partial charge in [-0.25, -0.2) is 14.8 Å². The van der Waals surface area contributed by atoms with E-state index in [1.54, 1.807) is 6.20 Å². The standard InChI is InChI=1S/C13H20N4O2/c1-13(2,3)19-12(18)10-8-16-11(9-15-10)17-6-4-14-5-7-17/h8-9,14H,4-7H2,1-3H3. The zero-order chi connectivity index (χ0) is 13.9. The van der Waals surface area contributed by atoms with Crippen molar-refractivity contribution in [2.24, 2.45) is 0 Å². The molecule has 1 aliphatic heterocycles. The van der Waals surface area contributed by atoms with E-state index < -0.39 is 11.6 Å². The van der Waals surface area contributed by atoms with Crippen molar-refractivity contribution in [1.82, 2.24) is 15.3 Å². The first kappa shape index (κ1) is 13.7. The van der Waals surface area contributed by atoms with Crippen LogP contribution in [0.3, 0.4) is 0 Å². The molecule has 1 saturated heterocycles. The zero-order valence-electron chi connectivity index (χ0n) is 11.6. The van der Waals surface area contributed by atoms with E-state index in [2.05, 4.69) is 20.2 Å². The smallest absolute Gasteiger partial charge is 0.359 e.